The van der Waals surface area contributed by atoms with Crippen LogP contribution in [-0.2, 0) is 26.0 Å². The van der Waals surface area contributed by atoms with E-state index in [9.17, 15) is 18.0 Å². The third-order valence-electron chi connectivity index (χ3n) is 6.21. The molecule has 1 heterocycles. The van der Waals surface area contributed by atoms with Crippen molar-refractivity contribution in [3.05, 3.63) is 89.5 Å². The van der Waals surface area contributed by atoms with Gasteiger partial charge < -0.3 is 10.1 Å². The summed E-state index contributed by atoms with van der Waals surface area (Å²) in [5.41, 5.74) is 3.37. The van der Waals surface area contributed by atoms with Crippen molar-refractivity contribution in [2.45, 2.75) is 37.5 Å². The van der Waals surface area contributed by atoms with Gasteiger partial charge >= 0.3 is 5.97 Å². The highest BCUT2D eigenvalue weighted by Gasteiger charge is 2.31. The lowest BCUT2D eigenvalue weighted by atomic mass is 9.97. The molecule has 0 saturated carbocycles. The zero-order chi connectivity index (χ0) is 25.0. The van der Waals surface area contributed by atoms with Crippen LogP contribution in [-0.4, -0.2) is 33.4 Å². The molecule has 0 unspecified atom stereocenters. The number of carbonyl (C=O) groups excluding carboxylic acids is 2. The molecule has 3 aromatic rings. The fraction of sp³-hybridized carbons (Fsp3) is 0.259. The van der Waals surface area contributed by atoms with E-state index in [0.717, 1.165) is 17.5 Å². The Balaban J connectivity index is 1.43. The van der Waals surface area contributed by atoms with Gasteiger partial charge in [-0.2, -0.15) is 0 Å². The standard InChI is InChI=1S/C27H28N2O5S/c1-3-19(2)23-12-5-6-13-24(23)28-26(30)18-34-27(31)21-10-8-11-22(17-21)35(32,33)29-16-15-20-9-4-7-14-25(20)29/h4-14,17,19H,3,15-16,18H2,1-2H3,(H,28,30)/t19-/m1/s1. The van der Waals surface area contributed by atoms with Crippen LogP contribution in [0, 0.1) is 0 Å². The molecule has 1 atom stereocenters. The van der Waals surface area contributed by atoms with Gasteiger partial charge in [0, 0.05) is 12.2 Å². The summed E-state index contributed by atoms with van der Waals surface area (Å²) in [7, 11) is -3.85. The number of hydrogen-bond acceptors (Lipinski definition) is 5. The molecule has 7 nitrogen and oxygen atoms in total. The number of hydrogen-bond donors (Lipinski definition) is 1. The number of para-hydroxylation sites is 2. The molecule has 3 aromatic carbocycles. The molecule has 1 aliphatic rings. The van der Waals surface area contributed by atoms with Gasteiger partial charge in [-0.1, -0.05) is 56.3 Å². The highest BCUT2D eigenvalue weighted by Crippen LogP contribution is 2.33. The maximum absolute atomic E-state index is 13.3. The summed E-state index contributed by atoms with van der Waals surface area (Å²) in [4.78, 5) is 25.0. The van der Waals surface area contributed by atoms with Crippen molar-refractivity contribution in [1.29, 1.82) is 0 Å². The van der Waals surface area contributed by atoms with E-state index in [4.69, 9.17) is 4.74 Å². The van der Waals surface area contributed by atoms with Crippen molar-refractivity contribution in [3.8, 4) is 0 Å². The third kappa shape index (κ3) is 5.22. The van der Waals surface area contributed by atoms with E-state index in [1.807, 2.05) is 36.4 Å². The Bertz CT molecular complexity index is 1350. The second-order valence-electron chi connectivity index (χ2n) is 8.50. The molecule has 0 fully saturated rings. The summed E-state index contributed by atoms with van der Waals surface area (Å²) in [5.74, 6) is -0.970. The molecule has 0 radical (unpaired) electrons. The Morgan fingerprint density at radius 1 is 1.03 bits per heavy atom. The van der Waals surface area contributed by atoms with Crippen LogP contribution in [0.5, 0.6) is 0 Å². The second kappa shape index (κ2) is 10.3. The first-order chi connectivity index (χ1) is 16.8. The highest BCUT2D eigenvalue weighted by molar-refractivity contribution is 7.92. The molecular formula is C27H28N2O5S. The van der Waals surface area contributed by atoms with Crippen LogP contribution < -0.4 is 9.62 Å². The SMILES string of the molecule is CC[C@@H](C)c1ccccc1NC(=O)COC(=O)c1cccc(S(=O)(=O)N2CCc3ccccc32)c1. The van der Waals surface area contributed by atoms with Crippen LogP contribution in [0.4, 0.5) is 11.4 Å². The average molecular weight is 493 g/mol. The van der Waals surface area contributed by atoms with E-state index in [2.05, 4.69) is 19.2 Å². The van der Waals surface area contributed by atoms with Gasteiger partial charge in [0.25, 0.3) is 15.9 Å². The number of fused-ring (bicyclic) bond motifs is 1. The molecule has 182 valence electrons. The summed E-state index contributed by atoms with van der Waals surface area (Å²) in [6.45, 7) is 4.01. The second-order valence-corrected chi connectivity index (χ2v) is 10.4. The van der Waals surface area contributed by atoms with Crippen molar-refractivity contribution in [1.82, 2.24) is 0 Å². The number of nitrogens with one attached hydrogen (secondary N) is 1. The van der Waals surface area contributed by atoms with Crippen molar-refractivity contribution in [2.24, 2.45) is 0 Å². The largest absolute Gasteiger partial charge is 0.452 e. The lowest BCUT2D eigenvalue weighted by Crippen LogP contribution is -2.29. The zero-order valence-corrected chi connectivity index (χ0v) is 20.5. The Morgan fingerprint density at radius 2 is 1.77 bits per heavy atom. The number of rotatable bonds is 8. The molecule has 8 heteroatoms. The normalized spacial score (nSPS) is 13.7. The van der Waals surface area contributed by atoms with Crippen LogP contribution in [0.25, 0.3) is 0 Å². The third-order valence-corrected chi connectivity index (χ3v) is 8.02. The van der Waals surface area contributed by atoms with Gasteiger partial charge in [-0.3, -0.25) is 9.10 Å². The predicted molar refractivity (Wildman–Crippen MR) is 135 cm³/mol. The lowest BCUT2D eigenvalue weighted by Gasteiger charge is -2.19. The topological polar surface area (TPSA) is 92.8 Å². The number of ether oxygens (including phenoxy) is 1. The highest BCUT2D eigenvalue weighted by atomic mass is 32.2. The summed E-state index contributed by atoms with van der Waals surface area (Å²) in [6, 6.07) is 20.6. The van der Waals surface area contributed by atoms with Crippen LogP contribution in [0.15, 0.2) is 77.7 Å². The van der Waals surface area contributed by atoms with E-state index in [-0.39, 0.29) is 16.4 Å². The van der Waals surface area contributed by atoms with Gasteiger partial charge in [0.2, 0.25) is 0 Å². The molecule has 0 aliphatic carbocycles. The Labute approximate surface area is 205 Å². The summed E-state index contributed by atoms with van der Waals surface area (Å²) in [5, 5.41) is 2.80. The first kappa shape index (κ1) is 24.5. The van der Waals surface area contributed by atoms with Gasteiger partial charge in [-0.25, -0.2) is 13.2 Å². The zero-order valence-electron chi connectivity index (χ0n) is 19.7. The van der Waals surface area contributed by atoms with Crippen LogP contribution >= 0.6 is 0 Å². The van der Waals surface area contributed by atoms with Crippen molar-refractivity contribution < 1.29 is 22.7 Å². The number of amides is 1. The van der Waals surface area contributed by atoms with Crippen LogP contribution in [0.2, 0.25) is 0 Å². The molecule has 0 saturated heterocycles. The predicted octanol–water partition coefficient (Wildman–Crippen LogP) is 4.75. The monoisotopic (exact) mass is 492 g/mol. The Hall–Kier alpha value is -3.65. The fourth-order valence-electron chi connectivity index (χ4n) is 4.13. The molecular weight excluding hydrogens is 464 g/mol. The molecule has 35 heavy (non-hydrogen) atoms. The van der Waals surface area contributed by atoms with E-state index in [1.165, 1.54) is 28.6 Å². The Kier molecular flexibility index (Phi) is 7.21. The van der Waals surface area contributed by atoms with Crippen molar-refractivity contribution in [3.63, 3.8) is 0 Å². The maximum Gasteiger partial charge on any atom is 0.338 e. The molecule has 0 aromatic heterocycles. The first-order valence-corrected chi connectivity index (χ1v) is 13.0. The quantitative estimate of drug-likeness (QED) is 0.458. The van der Waals surface area contributed by atoms with E-state index in [0.29, 0.717) is 24.3 Å². The van der Waals surface area contributed by atoms with Gasteiger partial charge in [-0.05, 0) is 60.2 Å². The van der Waals surface area contributed by atoms with Crippen LogP contribution in [0.1, 0.15) is 47.7 Å². The number of carbonyl (C=O) groups is 2. The van der Waals surface area contributed by atoms with E-state index in [1.54, 1.807) is 12.1 Å². The molecule has 1 amide bonds. The van der Waals surface area contributed by atoms with Crippen molar-refractivity contribution in [2.75, 3.05) is 22.8 Å². The molecule has 0 bridgehead atoms. The number of benzene rings is 3. The minimum Gasteiger partial charge on any atom is -0.452 e. The minimum atomic E-state index is -3.85. The van der Waals surface area contributed by atoms with Gasteiger partial charge in [0.05, 0.1) is 16.1 Å². The number of anilines is 2. The number of esters is 1. The molecule has 1 aliphatic heterocycles. The van der Waals surface area contributed by atoms with Gasteiger partial charge in [0.15, 0.2) is 6.61 Å². The molecule has 1 N–H and O–H groups in total. The summed E-state index contributed by atoms with van der Waals surface area (Å²) >= 11 is 0. The molecule has 4 rings (SSSR count). The Morgan fingerprint density at radius 3 is 2.57 bits per heavy atom. The van der Waals surface area contributed by atoms with Crippen molar-refractivity contribution >= 4 is 33.3 Å². The van der Waals surface area contributed by atoms with Crippen LogP contribution in [0.3, 0.4) is 0 Å². The number of sulfonamides is 1. The minimum absolute atomic E-state index is 0.00409. The fourth-order valence-corrected chi connectivity index (χ4v) is 5.68. The van der Waals surface area contributed by atoms with E-state index >= 15 is 0 Å². The summed E-state index contributed by atoms with van der Waals surface area (Å²) < 4.78 is 33.1. The maximum atomic E-state index is 13.3. The lowest BCUT2D eigenvalue weighted by molar-refractivity contribution is -0.119. The average Bonchev–Trinajstić information content (AvgIpc) is 3.32. The smallest absolute Gasteiger partial charge is 0.338 e. The first-order valence-electron chi connectivity index (χ1n) is 11.6. The summed E-state index contributed by atoms with van der Waals surface area (Å²) in [6.07, 6.45) is 1.55. The number of nitrogens with zero attached hydrogens (tertiary/aromatic N) is 1. The molecule has 0 spiro atoms. The van der Waals surface area contributed by atoms with Gasteiger partial charge in [0.1, 0.15) is 0 Å². The van der Waals surface area contributed by atoms with Gasteiger partial charge in [-0.15, -0.1) is 0 Å². The van der Waals surface area contributed by atoms with E-state index < -0.39 is 28.5 Å².